The van der Waals surface area contributed by atoms with Crippen LogP contribution in [0, 0.1) is 5.82 Å². The predicted octanol–water partition coefficient (Wildman–Crippen LogP) is 7.06. The summed E-state index contributed by atoms with van der Waals surface area (Å²) in [6, 6.07) is 28.3. The molecule has 0 aliphatic heterocycles. The first-order chi connectivity index (χ1) is 22.6. The van der Waals surface area contributed by atoms with Crippen molar-refractivity contribution >= 4 is 43.5 Å². The van der Waals surface area contributed by atoms with E-state index in [2.05, 4.69) is 10.3 Å². The van der Waals surface area contributed by atoms with E-state index in [-0.39, 0.29) is 11.3 Å². The van der Waals surface area contributed by atoms with Gasteiger partial charge in [0.25, 0.3) is 5.91 Å². The van der Waals surface area contributed by atoms with Crippen molar-refractivity contribution in [1.82, 2.24) is 20.1 Å². The minimum absolute atomic E-state index is 0.239. The Bertz CT molecular complexity index is 2420. The normalized spacial score (nSPS) is 11.7. The number of carbonyl (C=O) groups excluding carboxylic acids is 1. The first kappa shape index (κ1) is 29.9. The number of furan rings is 1. The van der Waals surface area contributed by atoms with Crippen molar-refractivity contribution < 1.29 is 22.0 Å². The molecule has 7 rings (SSSR count). The standard InChI is InChI=1S/C36H28FN5O4S/c1-38-36(43)33-29-20-28(31(41(2)47(3,44)45)21-32(29)46-35(33)23-11-13-25(37)14-12-23)24-7-6-8-26(19-24)42-34(22-15-17-39-18-16-22)27-9-4-5-10-30(27)40-42/h4-21H,1-3H3,(H,38,43). The highest BCUT2D eigenvalue weighted by atomic mass is 32.2. The molecule has 234 valence electrons. The first-order valence-corrected chi connectivity index (χ1v) is 16.5. The van der Waals surface area contributed by atoms with E-state index in [4.69, 9.17) is 9.52 Å². The van der Waals surface area contributed by atoms with Crippen LogP contribution in [0.2, 0.25) is 0 Å². The van der Waals surface area contributed by atoms with Crippen molar-refractivity contribution in [3.05, 3.63) is 121 Å². The Morgan fingerprint density at radius 2 is 1.62 bits per heavy atom. The molecule has 7 aromatic rings. The zero-order valence-electron chi connectivity index (χ0n) is 25.6. The third-order valence-electron chi connectivity index (χ3n) is 8.14. The van der Waals surface area contributed by atoms with Gasteiger partial charge in [-0.3, -0.25) is 14.1 Å². The molecule has 3 aromatic heterocycles. The molecular formula is C36H28FN5O4S. The van der Waals surface area contributed by atoms with E-state index in [1.165, 1.54) is 42.7 Å². The van der Waals surface area contributed by atoms with Crippen LogP contribution in [0.4, 0.5) is 10.1 Å². The van der Waals surface area contributed by atoms with E-state index in [0.29, 0.717) is 33.3 Å². The number of carbonyl (C=O) groups is 1. The molecule has 0 spiro atoms. The van der Waals surface area contributed by atoms with E-state index in [1.807, 2.05) is 65.3 Å². The van der Waals surface area contributed by atoms with Gasteiger partial charge in [-0.05, 0) is 66.2 Å². The van der Waals surface area contributed by atoms with Crippen LogP contribution in [0.3, 0.4) is 0 Å². The number of halogens is 1. The Hall–Kier alpha value is -5.81. The lowest BCUT2D eigenvalue weighted by atomic mass is 9.98. The summed E-state index contributed by atoms with van der Waals surface area (Å²) >= 11 is 0. The van der Waals surface area contributed by atoms with Gasteiger partial charge in [-0.1, -0.05) is 30.3 Å². The lowest BCUT2D eigenvalue weighted by Gasteiger charge is -2.21. The van der Waals surface area contributed by atoms with E-state index in [0.717, 1.165) is 34.1 Å². The monoisotopic (exact) mass is 645 g/mol. The summed E-state index contributed by atoms with van der Waals surface area (Å²) in [5, 5.41) is 9.03. The molecule has 1 amide bonds. The highest BCUT2D eigenvalue weighted by Gasteiger charge is 2.26. The van der Waals surface area contributed by atoms with Crippen LogP contribution in [-0.2, 0) is 10.0 Å². The second kappa shape index (κ2) is 11.5. The van der Waals surface area contributed by atoms with Crippen molar-refractivity contribution in [3.8, 4) is 39.4 Å². The van der Waals surface area contributed by atoms with Gasteiger partial charge in [0.2, 0.25) is 10.0 Å². The van der Waals surface area contributed by atoms with Crippen LogP contribution in [0.25, 0.3) is 61.3 Å². The number of hydrogen-bond donors (Lipinski definition) is 1. The molecule has 0 unspecified atom stereocenters. The van der Waals surface area contributed by atoms with Gasteiger partial charge in [-0.25, -0.2) is 17.5 Å². The number of nitrogens with one attached hydrogen (secondary N) is 1. The third kappa shape index (κ3) is 5.30. The number of anilines is 1. The molecule has 0 aliphatic carbocycles. The van der Waals surface area contributed by atoms with Crippen LogP contribution in [0.5, 0.6) is 0 Å². The van der Waals surface area contributed by atoms with Gasteiger partial charge < -0.3 is 9.73 Å². The van der Waals surface area contributed by atoms with Gasteiger partial charge in [0, 0.05) is 60.0 Å². The molecule has 0 saturated heterocycles. The minimum atomic E-state index is -3.71. The number of fused-ring (bicyclic) bond motifs is 2. The molecule has 0 radical (unpaired) electrons. The largest absolute Gasteiger partial charge is 0.455 e. The average molecular weight is 646 g/mol. The topological polar surface area (TPSA) is 110 Å². The number of sulfonamides is 1. The van der Waals surface area contributed by atoms with Gasteiger partial charge >= 0.3 is 0 Å². The minimum Gasteiger partial charge on any atom is -0.455 e. The maximum Gasteiger partial charge on any atom is 0.255 e. The summed E-state index contributed by atoms with van der Waals surface area (Å²) < 4.78 is 48.8. The van der Waals surface area contributed by atoms with Gasteiger partial charge in [0.1, 0.15) is 17.2 Å². The molecule has 4 aromatic carbocycles. The Morgan fingerprint density at radius 1 is 0.872 bits per heavy atom. The van der Waals surface area contributed by atoms with Crippen LogP contribution < -0.4 is 9.62 Å². The molecule has 0 fully saturated rings. The average Bonchev–Trinajstić information content (AvgIpc) is 3.66. The Labute approximate surface area is 270 Å². The number of hydrogen-bond acceptors (Lipinski definition) is 6. The van der Waals surface area contributed by atoms with Crippen LogP contribution in [0.1, 0.15) is 10.4 Å². The molecular weight excluding hydrogens is 617 g/mol. The number of aromatic nitrogens is 3. The Balaban J connectivity index is 1.49. The highest BCUT2D eigenvalue weighted by molar-refractivity contribution is 7.92. The van der Waals surface area contributed by atoms with Crippen LogP contribution >= 0.6 is 0 Å². The van der Waals surface area contributed by atoms with E-state index in [1.54, 1.807) is 24.5 Å². The summed E-state index contributed by atoms with van der Waals surface area (Å²) in [6.45, 7) is 0. The third-order valence-corrected chi connectivity index (χ3v) is 9.33. The predicted molar refractivity (Wildman–Crippen MR) is 182 cm³/mol. The summed E-state index contributed by atoms with van der Waals surface area (Å²) in [4.78, 5) is 17.5. The fraction of sp³-hybridized carbons (Fsp3) is 0.0833. The summed E-state index contributed by atoms with van der Waals surface area (Å²) in [5.74, 6) is -0.594. The molecule has 1 N–H and O–H groups in total. The molecule has 0 bridgehead atoms. The SMILES string of the molecule is CNC(=O)c1c(-c2ccc(F)cc2)oc2cc(N(C)S(C)(=O)=O)c(-c3cccc(-n4nc5ccccc5c4-c4ccncc4)c3)cc12. The van der Waals surface area contributed by atoms with Crippen molar-refractivity contribution in [1.29, 1.82) is 0 Å². The zero-order valence-corrected chi connectivity index (χ0v) is 26.4. The van der Waals surface area contributed by atoms with Crippen molar-refractivity contribution in [2.45, 2.75) is 0 Å². The number of benzene rings is 4. The van der Waals surface area contributed by atoms with Crippen molar-refractivity contribution in [2.24, 2.45) is 0 Å². The molecule has 0 aliphatic rings. The number of rotatable bonds is 7. The molecule has 47 heavy (non-hydrogen) atoms. The fourth-order valence-corrected chi connectivity index (χ4v) is 6.28. The molecule has 3 heterocycles. The second-order valence-corrected chi connectivity index (χ2v) is 13.1. The van der Waals surface area contributed by atoms with Crippen molar-refractivity contribution in [3.63, 3.8) is 0 Å². The Kier molecular flexibility index (Phi) is 7.32. The van der Waals surface area contributed by atoms with E-state index < -0.39 is 21.7 Å². The first-order valence-electron chi connectivity index (χ1n) is 14.7. The van der Waals surface area contributed by atoms with Gasteiger partial charge in [0.15, 0.2) is 0 Å². The summed E-state index contributed by atoms with van der Waals surface area (Å²) in [7, 11) is -0.730. The number of pyridine rings is 1. The maximum absolute atomic E-state index is 13.8. The molecule has 11 heteroatoms. The van der Waals surface area contributed by atoms with E-state index >= 15 is 0 Å². The lowest BCUT2D eigenvalue weighted by molar-refractivity contribution is 0.0964. The zero-order chi connectivity index (χ0) is 32.9. The molecule has 9 nitrogen and oxygen atoms in total. The molecule has 0 saturated carbocycles. The van der Waals surface area contributed by atoms with Crippen LogP contribution in [-0.4, -0.2) is 49.4 Å². The van der Waals surface area contributed by atoms with Gasteiger partial charge in [-0.2, -0.15) is 5.10 Å². The molecule has 0 atom stereocenters. The van der Waals surface area contributed by atoms with E-state index in [9.17, 15) is 17.6 Å². The van der Waals surface area contributed by atoms with Crippen LogP contribution in [0.15, 0.2) is 114 Å². The highest BCUT2D eigenvalue weighted by Crippen LogP contribution is 2.42. The summed E-state index contributed by atoms with van der Waals surface area (Å²) in [6.07, 6.45) is 4.58. The Morgan fingerprint density at radius 3 is 2.34 bits per heavy atom. The number of nitrogens with zero attached hydrogens (tertiary/aromatic N) is 4. The van der Waals surface area contributed by atoms with Crippen molar-refractivity contribution in [2.75, 3.05) is 24.7 Å². The maximum atomic E-state index is 13.8. The second-order valence-electron chi connectivity index (χ2n) is 11.1. The number of amides is 1. The summed E-state index contributed by atoms with van der Waals surface area (Å²) in [5.41, 5.74) is 5.98. The smallest absolute Gasteiger partial charge is 0.255 e. The lowest BCUT2D eigenvalue weighted by Crippen LogP contribution is -2.25. The fourth-order valence-electron chi connectivity index (χ4n) is 5.77. The van der Waals surface area contributed by atoms with Gasteiger partial charge in [-0.15, -0.1) is 0 Å². The van der Waals surface area contributed by atoms with Gasteiger partial charge in [0.05, 0.1) is 34.4 Å². The quantitative estimate of drug-likeness (QED) is 0.199.